The van der Waals surface area contributed by atoms with Gasteiger partial charge in [-0.2, -0.15) is 5.26 Å². The van der Waals surface area contributed by atoms with Crippen LogP contribution in [0.5, 0.6) is 0 Å². The molecule has 0 saturated heterocycles. The number of aliphatic hydroxyl groups is 1. The maximum Gasteiger partial charge on any atom is 0.185 e. The number of hydrogen-bond acceptors (Lipinski definition) is 7. The van der Waals surface area contributed by atoms with Gasteiger partial charge in [-0.1, -0.05) is 0 Å². The average molecular weight is 280 g/mol. The van der Waals surface area contributed by atoms with Crippen LogP contribution >= 0.6 is 22.7 Å². The standard InChI is InChI=1S/C11H12N4OS2/c1-6-10(18-7(2)13-6)8-5-17-11(14-8)15-9(16)3-4-12/h5,9,16H,3H2,1-2H3,(H,14,15). The topological polar surface area (TPSA) is 81.8 Å². The van der Waals surface area contributed by atoms with E-state index in [1.54, 1.807) is 11.3 Å². The first-order valence-corrected chi connectivity index (χ1v) is 7.01. The molecule has 2 heterocycles. The molecule has 0 aromatic carbocycles. The van der Waals surface area contributed by atoms with Gasteiger partial charge in [0.1, 0.15) is 6.23 Å². The molecule has 1 atom stereocenters. The number of nitrogens with zero attached hydrogens (tertiary/aromatic N) is 3. The number of rotatable bonds is 4. The highest BCUT2D eigenvalue weighted by atomic mass is 32.1. The van der Waals surface area contributed by atoms with Gasteiger partial charge in [-0.15, -0.1) is 22.7 Å². The lowest BCUT2D eigenvalue weighted by Gasteiger charge is -2.06. The van der Waals surface area contributed by atoms with E-state index < -0.39 is 6.23 Å². The molecule has 7 heteroatoms. The molecule has 0 amide bonds. The second-order valence-electron chi connectivity index (χ2n) is 3.71. The van der Waals surface area contributed by atoms with Crippen LogP contribution in [-0.2, 0) is 0 Å². The van der Waals surface area contributed by atoms with E-state index in [0.29, 0.717) is 5.13 Å². The van der Waals surface area contributed by atoms with Gasteiger partial charge in [0.25, 0.3) is 0 Å². The fourth-order valence-corrected chi connectivity index (χ4v) is 3.20. The highest BCUT2D eigenvalue weighted by molar-refractivity contribution is 7.16. The van der Waals surface area contributed by atoms with Crippen molar-refractivity contribution in [2.75, 3.05) is 5.32 Å². The Morgan fingerprint density at radius 3 is 2.89 bits per heavy atom. The van der Waals surface area contributed by atoms with Crippen molar-refractivity contribution in [1.82, 2.24) is 9.97 Å². The van der Waals surface area contributed by atoms with Crippen molar-refractivity contribution in [3.63, 3.8) is 0 Å². The van der Waals surface area contributed by atoms with Gasteiger partial charge >= 0.3 is 0 Å². The van der Waals surface area contributed by atoms with E-state index in [-0.39, 0.29) is 6.42 Å². The zero-order valence-electron chi connectivity index (χ0n) is 9.97. The number of anilines is 1. The maximum absolute atomic E-state index is 9.46. The lowest BCUT2D eigenvalue weighted by molar-refractivity contribution is 0.209. The van der Waals surface area contributed by atoms with E-state index in [1.807, 2.05) is 25.3 Å². The van der Waals surface area contributed by atoms with Gasteiger partial charge in [-0.3, -0.25) is 0 Å². The van der Waals surface area contributed by atoms with Crippen molar-refractivity contribution in [2.24, 2.45) is 0 Å². The molecule has 2 aromatic rings. The average Bonchev–Trinajstić information content (AvgIpc) is 2.85. The van der Waals surface area contributed by atoms with Crippen LogP contribution in [0.2, 0.25) is 0 Å². The highest BCUT2D eigenvalue weighted by Crippen LogP contribution is 2.32. The highest BCUT2D eigenvalue weighted by Gasteiger charge is 2.12. The molecule has 0 aliphatic heterocycles. The maximum atomic E-state index is 9.46. The van der Waals surface area contributed by atoms with Gasteiger partial charge in [0.15, 0.2) is 5.13 Å². The number of aliphatic hydroxyl groups excluding tert-OH is 1. The van der Waals surface area contributed by atoms with E-state index >= 15 is 0 Å². The normalized spacial score (nSPS) is 12.1. The molecule has 2 rings (SSSR count). The molecule has 18 heavy (non-hydrogen) atoms. The third-order valence-electron chi connectivity index (χ3n) is 2.22. The summed E-state index contributed by atoms with van der Waals surface area (Å²) in [5.41, 5.74) is 1.82. The third kappa shape index (κ3) is 2.85. The van der Waals surface area contributed by atoms with Crippen molar-refractivity contribution >= 4 is 27.8 Å². The Labute approximate surface area is 113 Å². The first-order chi connectivity index (χ1) is 8.60. The number of nitriles is 1. The molecule has 5 nitrogen and oxygen atoms in total. The minimum atomic E-state index is -0.877. The van der Waals surface area contributed by atoms with Crippen molar-refractivity contribution in [3.8, 4) is 16.6 Å². The van der Waals surface area contributed by atoms with Gasteiger partial charge in [0.05, 0.1) is 33.8 Å². The van der Waals surface area contributed by atoms with E-state index in [9.17, 15) is 5.11 Å². The Morgan fingerprint density at radius 1 is 1.50 bits per heavy atom. The van der Waals surface area contributed by atoms with Crippen LogP contribution in [0.4, 0.5) is 5.13 Å². The lowest BCUT2D eigenvalue weighted by Crippen LogP contribution is -2.17. The van der Waals surface area contributed by atoms with Crippen LogP contribution < -0.4 is 5.32 Å². The van der Waals surface area contributed by atoms with E-state index in [4.69, 9.17) is 5.26 Å². The summed E-state index contributed by atoms with van der Waals surface area (Å²) in [5.74, 6) is 0. The van der Waals surface area contributed by atoms with Gasteiger partial charge in [0.2, 0.25) is 0 Å². The minimum absolute atomic E-state index is 0.0353. The summed E-state index contributed by atoms with van der Waals surface area (Å²) in [6, 6.07) is 1.90. The van der Waals surface area contributed by atoms with Crippen molar-refractivity contribution in [1.29, 1.82) is 5.26 Å². The number of aromatic nitrogens is 2. The van der Waals surface area contributed by atoms with Crippen molar-refractivity contribution in [2.45, 2.75) is 26.5 Å². The second-order valence-corrected chi connectivity index (χ2v) is 5.77. The number of aryl methyl sites for hydroxylation is 2. The summed E-state index contributed by atoms with van der Waals surface area (Å²) in [7, 11) is 0. The Bertz CT molecular complexity index is 584. The molecule has 2 aromatic heterocycles. The van der Waals surface area contributed by atoms with E-state index in [2.05, 4.69) is 15.3 Å². The molecular formula is C11H12N4OS2. The van der Waals surface area contributed by atoms with Gasteiger partial charge in [-0.25, -0.2) is 9.97 Å². The van der Waals surface area contributed by atoms with Crippen molar-refractivity contribution in [3.05, 3.63) is 16.1 Å². The molecule has 2 N–H and O–H groups in total. The van der Waals surface area contributed by atoms with Crippen LogP contribution in [0.25, 0.3) is 10.6 Å². The minimum Gasteiger partial charge on any atom is -0.373 e. The first-order valence-electron chi connectivity index (χ1n) is 5.31. The smallest absolute Gasteiger partial charge is 0.185 e. The fourth-order valence-electron chi connectivity index (χ4n) is 1.49. The second kappa shape index (κ2) is 5.44. The van der Waals surface area contributed by atoms with E-state index in [1.165, 1.54) is 11.3 Å². The number of thiazole rings is 2. The largest absolute Gasteiger partial charge is 0.373 e. The molecule has 0 fully saturated rings. The number of hydrogen-bond donors (Lipinski definition) is 2. The van der Waals surface area contributed by atoms with Crippen LogP contribution in [0.3, 0.4) is 0 Å². The summed E-state index contributed by atoms with van der Waals surface area (Å²) in [6.45, 7) is 3.92. The molecule has 0 saturated carbocycles. The van der Waals surface area contributed by atoms with Crippen LogP contribution in [0, 0.1) is 25.2 Å². The lowest BCUT2D eigenvalue weighted by atomic mass is 10.3. The van der Waals surface area contributed by atoms with Gasteiger partial charge < -0.3 is 10.4 Å². The zero-order chi connectivity index (χ0) is 13.1. The summed E-state index contributed by atoms with van der Waals surface area (Å²) in [6.07, 6.45) is -0.841. The van der Waals surface area contributed by atoms with Gasteiger partial charge in [0, 0.05) is 5.38 Å². The first kappa shape index (κ1) is 13.0. The quantitative estimate of drug-likeness (QED) is 0.841. The summed E-state index contributed by atoms with van der Waals surface area (Å²) >= 11 is 3.00. The summed E-state index contributed by atoms with van der Waals surface area (Å²) in [4.78, 5) is 9.79. The van der Waals surface area contributed by atoms with Crippen LogP contribution in [0.1, 0.15) is 17.1 Å². The SMILES string of the molecule is Cc1nc(C)c(-c2csc(NC(O)CC#N)n2)s1. The van der Waals surface area contributed by atoms with Crippen molar-refractivity contribution < 1.29 is 5.11 Å². The molecule has 1 unspecified atom stereocenters. The summed E-state index contributed by atoms with van der Waals surface area (Å²) in [5, 5.41) is 24.2. The Kier molecular flexibility index (Phi) is 3.91. The third-order valence-corrected chi connectivity index (χ3v) is 4.08. The molecule has 0 aliphatic carbocycles. The Balaban J connectivity index is 2.16. The Morgan fingerprint density at radius 2 is 2.28 bits per heavy atom. The predicted octanol–water partition coefficient (Wildman–Crippen LogP) is 2.53. The number of nitrogens with one attached hydrogen (secondary N) is 1. The molecule has 0 aliphatic rings. The Hall–Kier alpha value is -1.49. The molecule has 0 radical (unpaired) electrons. The molecule has 0 bridgehead atoms. The van der Waals surface area contributed by atoms with E-state index in [0.717, 1.165) is 21.3 Å². The monoisotopic (exact) mass is 280 g/mol. The van der Waals surface area contributed by atoms with Crippen LogP contribution in [0.15, 0.2) is 5.38 Å². The predicted molar refractivity (Wildman–Crippen MR) is 72.6 cm³/mol. The molecular weight excluding hydrogens is 268 g/mol. The molecule has 0 spiro atoms. The van der Waals surface area contributed by atoms with Gasteiger partial charge in [-0.05, 0) is 13.8 Å². The summed E-state index contributed by atoms with van der Waals surface area (Å²) < 4.78 is 0. The zero-order valence-corrected chi connectivity index (χ0v) is 11.6. The van der Waals surface area contributed by atoms with Crippen LogP contribution in [-0.4, -0.2) is 21.3 Å². The molecule has 94 valence electrons. The fraction of sp³-hybridized carbons (Fsp3) is 0.364.